The molecule has 1 heterocycles. The van der Waals surface area contributed by atoms with Gasteiger partial charge in [-0.05, 0) is 30.7 Å². The second kappa shape index (κ2) is 6.23. The van der Waals surface area contributed by atoms with Crippen LogP contribution < -0.4 is 5.32 Å². The van der Waals surface area contributed by atoms with Gasteiger partial charge in [0, 0.05) is 5.71 Å². The van der Waals surface area contributed by atoms with Gasteiger partial charge >= 0.3 is 12.1 Å². The van der Waals surface area contributed by atoms with E-state index < -0.39 is 29.7 Å². The molecule has 0 fully saturated rings. The Hall–Kier alpha value is -2.83. The molecular formula is C18H15F3N2O2. The molecule has 1 aliphatic heterocycles. The van der Waals surface area contributed by atoms with Gasteiger partial charge in [-0.1, -0.05) is 30.3 Å². The summed E-state index contributed by atoms with van der Waals surface area (Å²) in [5.41, 5.74) is 0.261. The first-order valence-corrected chi connectivity index (χ1v) is 7.58. The fraction of sp³-hybridized carbons (Fsp3) is 0.222. The van der Waals surface area contributed by atoms with Crippen LogP contribution in [0.4, 0.5) is 24.5 Å². The number of para-hydroxylation sites is 2. The second-order valence-electron chi connectivity index (χ2n) is 5.79. The van der Waals surface area contributed by atoms with Crippen LogP contribution >= 0.6 is 0 Å². The Balaban J connectivity index is 2.20. The van der Waals surface area contributed by atoms with E-state index in [0.717, 1.165) is 6.07 Å². The smallest absolute Gasteiger partial charge is 0.416 e. The SMILES string of the molecule is CC1=Nc2ccccc2NC(c2ccccc2C(F)(F)F)C1C(=O)O. The number of carbonyl (C=O) groups is 1. The molecule has 2 aromatic carbocycles. The number of nitrogens with zero attached hydrogens (tertiary/aromatic N) is 1. The van der Waals surface area contributed by atoms with E-state index in [2.05, 4.69) is 10.3 Å². The fourth-order valence-electron chi connectivity index (χ4n) is 3.05. The van der Waals surface area contributed by atoms with Gasteiger partial charge in [-0.25, -0.2) is 0 Å². The molecule has 4 nitrogen and oxygen atoms in total. The lowest BCUT2D eigenvalue weighted by atomic mass is 9.87. The van der Waals surface area contributed by atoms with Gasteiger partial charge in [-0.15, -0.1) is 0 Å². The molecule has 0 radical (unpaired) electrons. The summed E-state index contributed by atoms with van der Waals surface area (Å²) >= 11 is 0. The van der Waals surface area contributed by atoms with Crippen molar-refractivity contribution in [1.82, 2.24) is 0 Å². The molecule has 0 saturated heterocycles. The zero-order valence-electron chi connectivity index (χ0n) is 13.2. The van der Waals surface area contributed by atoms with Gasteiger partial charge in [0.15, 0.2) is 0 Å². The molecule has 7 heteroatoms. The highest BCUT2D eigenvalue weighted by Crippen LogP contribution is 2.41. The maximum atomic E-state index is 13.4. The molecule has 25 heavy (non-hydrogen) atoms. The van der Waals surface area contributed by atoms with E-state index in [4.69, 9.17) is 0 Å². The predicted molar refractivity (Wildman–Crippen MR) is 88.1 cm³/mol. The Morgan fingerprint density at radius 3 is 2.44 bits per heavy atom. The van der Waals surface area contributed by atoms with Crippen LogP contribution in [0.1, 0.15) is 24.1 Å². The lowest BCUT2D eigenvalue weighted by Gasteiger charge is -2.27. The lowest BCUT2D eigenvalue weighted by molar-refractivity contribution is -0.142. The van der Waals surface area contributed by atoms with Gasteiger partial charge in [-0.3, -0.25) is 9.79 Å². The molecule has 2 unspecified atom stereocenters. The van der Waals surface area contributed by atoms with Gasteiger partial charge in [0.25, 0.3) is 0 Å². The van der Waals surface area contributed by atoms with E-state index in [9.17, 15) is 23.1 Å². The molecule has 0 amide bonds. The van der Waals surface area contributed by atoms with Crippen LogP contribution in [-0.2, 0) is 11.0 Å². The minimum absolute atomic E-state index is 0.117. The number of anilines is 1. The number of aliphatic carboxylic acids is 1. The quantitative estimate of drug-likeness (QED) is 0.829. The molecule has 0 aliphatic carbocycles. The number of aliphatic imine (C=N–C) groups is 1. The van der Waals surface area contributed by atoms with Crippen molar-refractivity contribution >= 4 is 23.1 Å². The van der Waals surface area contributed by atoms with E-state index in [1.54, 1.807) is 24.3 Å². The Kier molecular flexibility index (Phi) is 4.24. The van der Waals surface area contributed by atoms with Crippen molar-refractivity contribution < 1.29 is 23.1 Å². The molecule has 0 spiro atoms. The van der Waals surface area contributed by atoms with Crippen LogP contribution in [0.5, 0.6) is 0 Å². The van der Waals surface area contributed by atoms with Crippen molar-refractivity contribution in [2.45, 2.75) is 19.1 Å². The summed E-state index contributed by atoms with van der Waals surface area (Å²) in [6.45, 7) is 1.52. The minimum atomic E-state index is -4.59. The van der Waals surface area contributed by atoms with Gasteiger partial charge in [-0.2, -0.15) is 13.2 Å². The average molecular weight is 348 g/mol. The van der Waals surface area contributed by atoms with Crippen LogP contribution in [0.25, 0.3) is 0 Å². The molecular weight excluding hydrogens is 333 g/mol. The predicted octanol–water partition coefficient (Wildman–Crippen LogP) is 4.67. The van der Waals surface area contributed by atoms with E-state index >= 15 is 0 Å². The molecule has 0 saturated carbocycles. The normalized spacial score (nSPS) is 20.1. The summed E-state index contributed by atoms with van der Waals surface area (Å²) in [7, 11) is 0. The third-order valence-corrected chi connectivity index (χ3v) is 4.16. The topological polar surface area (TPSA) is 61.7 Å². The number of fused-ring (bicyclic) bond motifs is 1. The number of carboxylic acids is 1. The number of rotatable bonds is 2. The number of carboxylic acid groups (broad SMARTS) is 1. The number of halogens is 3. The third-order valence-electron chi connectivity index (χ3n) is 4.16. The van der Waals surface area contributed by atoms with E-state index in [1.165, 1.54) is 25.1 Å². The largest absolute Gasteiger partial charge is 0.481 e. The molecule has 2 N–H and O–H groups in total. The first-order chi connectivity index (χ1) is 11.8. The number of hydrogen-bond donors (Lipinski definition) is 2. The highest BCUT2D eigenvalue weighted by Gasteiger charge is 2.40. The molecule has 1 aliphatic rings. The summed E-state index contributed by atoms with van der Waals surface area (Å²) in [4.78, 5) is 16.1. The van der Waals surface area contributed by atoms with E-state index in [0.29, 0.717) is 11.4 Å². The summed E-state index contributed by atoms with van der Waals surface area (Å²) < 4.78 is 40.3. The van der Waals surface area contributed by atoms with Crippen LogP contribution in [0.2, 0.25) is 0 Å². The monoisotopic (exact) mass is 348 g/mol. The number of alkyl halides is 3. The first kappa shape index (κ1) is 17.0. The van der Waals surface area contributed by atoms with E-state index in [1.807, 2.05) is 0 Å². The number of benzene rings is 2. The van der Waals surface area contributed by atoms with Crippen molar-refractivity contribution in [3.8, 4) is 0 Å². The Bertz CT molecular complexity index is 846. The second-order valence-corrected chi connectivity index (χ2v) is 5.79. The summed E-state index contributed by atoms with van der Waals surface area (Å²) in [6, 6.07) is 10.7. The maximum Gasteiger partial charge on any atom is 0.416 e. The Morgan fingerprint density at radius 1 is 1.12 bits per heavy atom. The van der Waals surface area contributed by atoms with Crippen molar-refractivity contribution in [3.63, 3.8) is 0 Å². The highest BCUT2D eigenvalue weighted by atomic mass is 19.4. The minimum Gasteiger partial charge on any atom is -0.481 e. The van der Waals surface area contributed by atoms with Gasteiger partial charge < -0.3 is 10.4 Å². The third kappa shape index (κ3) is 3.22. The van der Waals surface area contributed by atoms with Crippen molar-refractivity contribution in [2.75, 3.05) is 5.32 Å². The Labute approximate surface area is 142 Å². The standard InChI is InChI=1S/C18H15F3N2O2/c1-10-15(17(24)25)16(23-14-9-5-4-8-13(14)22-10)11-6-2-3-7-12(11)18(19,20)21/h2-9,15-16,23H,1H3,(H,24,25). The van der Waals surface area contributed by atoms with Crippen LogP contribution in [-0.4, -0.2) is 16.8 Å². The fourth-order valence-corrected chi connectivity index (χ4v) is 3.05. The molecule has 2 atom stereocenters. The van der Waals surface area contributed by atoms with Gasteiger partial charge in [0.05, 0.1) is 23.0 Å². The molecule has 130 valence electrons. The van der Waals surface area contributed by atoms with Gasteiger partial charge in [0.1, 0.15) is 5.92 Å². The molecule has 0 aromatic heterocycles. The average Bonchev–Trinajstić information content (AvgIpc) is 2.69. The molecule has 3 rings (SSSR count). The number of hydrogen-bond acceptors (Lipinski definition) is 3. The lowest BCUT2D eigenvalue weighted by Crippen LogP contribution is -2.33. The van der Waals surface area contributed by atoms with E-state index in [-0.39, 0.29) is 11.3 Å². The maximum absolute atomic E-state index is 13.4. The number of nitrogens with one attached hydrogen (secondary N) is 1. The molecule has 0 bridgehead atoms. The Morgan fingerprint density at radius 2 is 1.76 bits per heavy atom. The summed E-state index contributed by atoms with van der Waals surface area (Å²) in [5, 5.41) is 12.6. The zero-order chi connectivity index (χ0) is 18.2. The van der Waals surface area contributed by atoms with Crippen LogP contribution in [0, 0.1) is 5.92 Å². The molecule has 2 aromatic rings. The zero-order valence-corrected chi connectivity index (χ0v) is 13.2. The van der Waals surface area contributed by atoms with Gasteiger partial charge in [0.2, 0.25) is 0 Å². The van der Waals surface area contributed by atoms with Crippen molar-refractivity contribution in [1.29, 1.82) is 0 Å². The summed E-state index contributed by atoms with van der Waals surface area (Å²) in [6.07, 6.45) is -4.59. The van der Waals surface area contributed by atoms with Crippen molar-refractivity contribution in [2.24, 2.45) is 10.9 Å². The van der Waals surface area contributed by atoms with Crippen LogP contribution in [0.15, 0.2) is 53.5 Å². The van der Waals surface area contributed by atoms with Crippen LogP contribution in [0.3, 0.4) is 0 Å². The first-order valence-electron chi connectivity index (χ1n) is 7.58. The van der Waals surface area contributed by atoms with Crippen molar-refractivity contribution in [3.05, 3.63) is 59.7 Å². The highest BCUT2D eigenvalue weighted by molar-refractivity contribution is 6.04. The summed E-state index contributed by atoms with van der Waals surface area (Å²) in [5.74, 6) is -2.46.